The fourth-order valence-electron chi connectivity index (χ4n) is 12.4. The maximum atomic E-state index is 7.33. The van der Waals surface area contributed by atoms with Crippen molar-refractivity contribution >= 4 is 116 Å². The van der Waals surface area contributed by atoms with Crippen LogP contribution in [0.2, 0.25) is 0 Å². The van der Waals surface area contributed by atoms with Crippen LogP contribution in [0.4, 0.5) is 11.4 Å². The van der Waals surface area contributed by atoms with E-state index < -0.39 is 0 Å². The van der Waals surface area contributed by atoms with Crippen LogP contribution in [-0.4, -0.2) is 11.4 Å². The summed E-state index contributed by atoms with van der Waals surface area (Å²) in [4.78, 5) is 2.69. The molecule has 14 rings (SSSR count). The van der Waals surface area contributed by atoms with E-state index in [-0.39, 0.29) is 28.5 Å². The van der Waals surface area contributed by atoms with E-state index >= 15 is 0 Å². The van der Waals surface area contributed by atoms with E-state index in [0.29, 0.717) is 0 Å². The average Bonchev–Trinajstić information content (AvgIpc) is 4.04. The topological polar surface area (TPSA) is 34.5 Å². The lowest BCUT2D eigenvalue weighted by atomic mass is 9.47. The fourth-order valence-corrected chi connectivity index (χ4v) is 13.7. The molecule has 0 N–H and O–H groups in total. The first-order chi connectivity index (χ1) is 31.5. The lowest BCUT2D eigenvalue weighted by Gasteiger charge is -2.42. The Bertz CT molecular complexity index is 3970. The van der Waals surface area contributed by atoms with Crippen LogP contribution in [0.3, 0.4) is 0 Å². The van der Waals surface area contributed by atoms with Crippen molar-refractivity contribution in [2.24, 2.45) is 0 Å². The number of para-hydroxylation sites is 2. The Morgan fingerprint density at radius 3 is 1.95 bits per heavy atom. The van der Waals surface area contributed by atoms with Crippen molar-refractivity contribution in [3.8, 4) is 16.8 Å². The van der Waals surface area contributed by atoms with Gasteiger partial charge in [-0.15, -0.1) is 11.3 Å². The van der Waals surface area contributed by atoms with E-state index in [0.717, 1.165) is 51.3 Å². The van der Waals surface area contributed by atoms with Gasteiger partial charge in [-0.25, -0.2) is 0 Å². The molecule has 1 aliphatic carbocycles. The molecule has 0 amide bonds. The second-order valence-corrected chi connectivity index (χ2v) is 24.2. The minimum absolute atomic E-state index is 0.0182. The summed E-state index contributed by atoms with van der Waals surface area (Å²) in [5.74, 6) is 0. The third-order valence-electron chi connectivity index (χ3n) is 16.1. The van der Waals surface area contributed by atoms with Gasteiger partial charge in [-0.3, -0.25) is 0 Å². The van der Waals surface area contributed by atoms with Crippen molar-refractivity contribution in [3.63, 3.8) is 0 Å². The van der Waals surface area contributed by atoms with Gasteiger partial charge in [0.2, 0.25) is 0 Å². The van der Waals surface area contributed by atoms with Crippen molar-refractivity contribution in [1.29, 1.82) is 0 Å². The van der Waals surface area contributed by atoms with Crippen molar-refractivity contribution in [3.05, 3.63) is 138 Å². The van der Waals surface area contributed by atoms with Crippen molar-refractivity contribution in [1.82, 2.24) is 4.57 Å². The van der Waals surface area contributed by atoms with Gasteiger partial charge in [-0.05, 0) is 128 Å². The molecule has 0 spiro atoms. The Hall–Kier alpha value is -6.24. The van der Waals surface area contributed by atoms with Gasteiger partial charge in [-0.1, -0.05) is 124 Å². The molecular formula is C60H53BN2O2S. The number of thiophene rings is 1. The first kappa shape index (κ1) is 39.0. The van der Waals surface area contributed by atoms with Gasteiger partial charge in [0.1, 0.15) is 22.3 Å². The number of furan rings is 2. The number of hydrogen-bond acceptors (Lipinski definition) is 4. The molecule has 0 unspecified atom stereocenters. The van der Waals surface area contributed by atoms with Gasteiger partial charge in [0.25, 0.3) is 0 Å². The monoisotopic (exact) mass is 876 g/mol. The van der Waals surface area contributed by atoms with Crippen LogP contribution in [0.15, 0.2) is 124 Å². The molecule has 6 heterocycles. The quantitative estimate of drug-likeness (QED) is 0.154. The smallest absolute Gasteiger partial charge is 0.343 e. The van der Waals surface area contributed by atoms with E-state index in [9.17, 15) is 0 Å². The molecule has 0 bridgehead atoms. The Morgan fingerprint density at radius 1 is 0.591 bits per heavy atom. The Kier molecular flexibility index (Phi) is 7.32. The summed E-state index contributed by atoms with van der Waals surface area (Å²) in [7, 11) is 0. The lowest BCUT2D eigenvalue weighted by Crippen LogP contribution is -2.59. The van der Waals surface area contributed by atoms with Crippen LogP contribution >= 0.6 is 11.3 Å². The van der Waals surface area contributed by atoms with Crippen LogP contribution in [0, 0.1) is 0 Å². The predicted molar refractivity (Wildman–Crippen MR) is 282 cm³/mol. The molecule has 6 heteroatoms. The molecule has 11 aromatic rings. The minimum atomic E-state index is -0.131. The van der Waals surface area contributed by atoms with Crippen LogP contribution in [-0.2, 0) is 21.7 Å². The third-order valence-corrected chi connectivity index (χ3v) is 17.3. The Balaban J connectivity index is 1.25. The number of benzene rings is 7. The first-order valence-electron chi connectivity index (χ1n) is 23.9. The third kappa shape index (κ3) is 4.96. The Morgan fingerprint density at radius 2 is 1.24 bits per heavy atom. The van der Waals surface area contributed by atoms with Crippen LogP contribution in [0.1, 0.15) is 104 Å². The summed E-state index contributed by atoms with van der Waals surface area (Å²) in [6.45, 7) is 23.6. The molecule has 0 saturated heterocycles. The molecule has 2 aliphatic heterocycles. The maximum absolute atomic E-state index is 7.33. The zero-order chi connectivity index (χ0) is 45.1. The zero-order valence-electron chi connectivity index (χ0n) is 39.6. The molecule has 0 atom stereocenters. The van der Waals surface area contributed by atoms with Crippen LogP contribution in [0.25, 0.3) is 92.6 Å². The van der Waals surface area contributed by atoms with Crippen LogP contribution in [0.5, 0.6) is 0 Å². The second-order valence-electron chi connectivity index (χ2n) is 23.1. The number of hydrogen-bond donors (Lipinski definition) is 0. The van der Waals surface area contributed by atoms with Crippen molar-refractivity contribution in [2.45, 2.75) is 104 Å². The summed E-state index contributed by atoms with van der Waals surface area (Å²) in [5.41, 5.74) is 19.3. The fraction of sp³-hybridized carbons (Fsp3) is 0.267. The molecule has 66 heavy (non-hydrogen) atoms. The normalized spacial score (nSPS) is 16.4. The number of anilines is 2. The van der Waals surface area contributed by atoms with Gasteiger partial charge in [0, 0.05) is 58.7 Å². The highest BCUT2D eigenvalue weighted by Gasteiger charge is 2.48. The summed E-state index contributed by atoms with van der Waals surface area (Å²) in [5, 5.41) is 8.42. The summed E-state index contributed by atoms with van der Waals surface area (Å²) >= 11 is 1.98. The summed E-state index contributed by atoms with van der Waals surface area (Å²) in [6, 6.07) is 44.0. The average molecular weight is 877 g/mol. The molecule has 324 valence electrons. The molecule has 0 radical (unpaired) electrons. The lowest BCUT2D eigenvalue weighted by molar-refractivity contribution is 0.332. The first-order valence-corrected chi connectivity index (χ1v) is 24.7. The largest absolute Gasteiger partial charge is 0.456 e. The summed E-state index contributed by atoms with van der Waals surface area (Å²) < 4.78 is 19.5. The highest BCUT2D eigenvalue weighted by Crippen LogP contribution is 2.55. The molecule has 3 aliphatic rings. The van der Waals surface area contributed by atoms with E-state index in [1.165, 1.54) is 98.0 Å². The molecule has 7 aromatic carbocycles. The number of rotatable bonds is 1. The zero-order valence-corrected chi connectivity index (χ0v) is 40.4. The highest BCUT2D eigenvalue weighted by molar-refractivity contribution is 7.32. The molecule has 4 aromatic heterocycles. The van der Waals surface area contributed by atoms with Crippen molar-refractivity contribution in [2.75, 3.05) is 4.81 Å². The molecule has 0 fully saturated rings. The summed E-state index contributed by atoms with van der Waals surface area (Å²) in [6.07, 6.45) is 2.31. The SMILES string of the molecule is CC(C)(C)c1ccc(N2B3c4sc5ccc(C(C)(C)C)cc5c4-n4c5cc6c(cc5c5c7oc8ccccc8c7c(c3c54)-c3cc4oc5ccccc5c4cc32)C(C)(C)CCC6(C)C)cc1. The second kappa shape index (κ2) is 12.4. The van der Waals surface area contributed by atoms with Gasteiger partial charge in [0.15, 0.2) is 0 Å². The van der Waals surface area contributed by atoms with Crippen LogP contribution < -0.4 is 15.1 Å². The molecule has 0 saturated carbocycles. The van der Waals surface area contributed by atoms with E-state index in [2.05, 4.69) is 194 Å². The Labute approximate surface area is 389 Å². The van der Waals surface area contributed by atoms with Crippen molar-refractivity contribution < 1.29 is 8.83 Å². The standard InChI is InChI=1S/C60H53BN2O2S/c1-57(2,3)32-19-22-34(23-20-32)63-44-29-37-35-15-11-13-17-45(35)64-47(37)30-39(44)49-50-36-16-12-14-18-46(36)65-55(50)51-38-28-41-42(60(9,10)26-25-59(41,7)8)31-43(38)62-53-40-27-33(58(4,5)6)21-24-48(40)66-56(53)61(63)52(49)54(51)62/h11-24,27-31H,25-26H2,1-10H3. The van der Waals surface area contributed by atoms with Gasteiger partial charge >= 0.3 is 6.85 Å². The van der Waals surface area contributed by atoms with E-state index in [1.54, 1.807) is 0 Å². The van der Waals surface area contributed by atoms with E-state index in [4.69, 9.17) is 8.83 Å². The molecular weight excluding hydrogens is 824 g/mol. The number of aromatic nitrogens is 1. The van der Waals surface area contributed by atoms with E-state index in [1.807, 2.05) is 11.3 Å². The predicted octanol–water partition coefficient (Wildman–Crippen LogP) is 16.0. The van der Waals surface area contributed by atoms with Gasteiger partial charge < -0.3 is 18.2 Å². The minimum Gasteiger partial charge on any atom is -0.456 e. The van der Waals surface area contributed by atoms with Gasteiger partial charge in [0.05, 0.1) is 22.1 Å². The highest BCUT2D eigenvalue weighted by atomic mass is 32.1. The number of nitrogens with zero attached hydrogens (tertiary/aromatic N) is 2. The molecule has 4 nitrogen and oxygen atoms in total. The van der Waals surface area contributed by atoms with Gasteiger partial charge in [-0.2, -0.15) is 0 Å². The maximum Gasteiger partial charge on any atom is 0.343 e. The number of fused-ring (bicyclic) bond motifs is 19.